The van der Waals surface area contributed by atoms with Crippen LogP contribution >= 0.6 is 0 Å². The zero-order valence-corrected chi connectivity index (χ0v) is 11.9. The van der Waals surface area contributed by atoms with E-state index in [9.17, 15) is 4.39 Å². The van der Waals surface area contributed by atoms with Crippen LogP contribution in [0.1, 0.15) is 25.3 Å². The first kappa shape index (κ1) is 11.8. The Hall–Kier alpha value is -1.78. The monoisotopic (exact) mass is 287 g/mol. The quantitative estimate of drug-likeness (QED) is 0.924. The average molecular weight is 287 g/mol. The third-order valence-electron chi connectivity index (χ3n) is 5.98. The Bertz CT molecular complexity index is 740. The van der Waals surface area contributed by atoms with E-state index < -0.39 is 0 Å². The van der Waals surface area contributed by atoms with Crippen LogP contribution in [-0.2, 0) is 0 Å². The molecule has 0 radical (unpaired) electrons. The first-order chi connectivity index (χ1) is 10.2. The lowest BCUT2D eigenvalue weighted by Crippen LogP contribution is -2.08. The largest absolute Gasteiger partial charge is 0.494 e. The van der Waals surface area contributed by atoms with Gasteiger partial charge in [-0.25, -0.2) is 9.37 Å². The van der Waals surface area contributed by atoms with Gasteiger partial charge in [-0.2, -0.15) is 0 Å². The van der Waals surface area contributed by atoms with Crippen molar-refractivity contribution in [2.45, 2.75) is 25.3 Å². The molecule has 110 valence electrons. The van der Waals surface area contributed by atoms with Crippen LogP contribution in [0, 0.1) is 29.5 Å². The van der Waals surface area contributed by atoms with Gasteiger partial charge in [-0.1, -0.05) is 0 Å². The lowest BCUT2D eigenvalue weighted by Gasteiger charge is -2.12. The first-order valence-electron chi connectivity index (χ1n) is 7.70. The Morgan fingerprint density at radius 2 is 2.00 bits per heavy atom. The summed E-state index contributed by atoms with van der Waals surface area (Å²) in [4.78, 5) is 4.35. The van der Waals surface area contributed by atoms with Gasteiger partial charge in [-0.3, -0.25) is 0 Å². The molecule has 2 aromatic rings. The summed E-state index contributed by atoms with van der Waals surface area (Å²) in [6.07, 6.45) is 4.13. The fourth-order valence-electron chi connectivity index (χ4n) is 5.21. The highest BCUT2D eigenvalue weighted by Gasteiger charge is 2.66. The van der Waals surface area contributed by atoms with Crippen LogP contribution in [0.25, 0.3) is 11.0 Å². The number of fused-ring (bicyclic) bond motifs is 6. The predicted octanol–water partition coefficient (Wildman–Crippen LogP) is 2.98. The lowest BCUT2D eigenvalue weighted by atomic mass is 10.0. The molecule has 3 aliphatic carbocycles. The molecule has 1 heterocycles. The molecule has 3 fully saturated rings. The number of methoxy groups -OCH3 is 1. The fraction of sp³-hybridized carbons (Fsp3) is 0.562. The molecule has 4 atom stereocenters. The van der Waals surface area contributed by atoms with E-state index in [2.05, 4.69) is 9.55 Å². The van der Waals surface area contributed by atoms with Gasteiger partial charge in [0, 0.05) is 18.2 Å². The van der Waals surface area contributed by atoms with Gasteiger partial charge in [0.1, 0.15) is 0 Å². The van der Waals surface area contributed by atoms with E-state index in [1.165, 1.54) is 32.4 Å². The Labute approximate surface area is 122 Å². The van der Waals surface area contributed by atoms with E-state index in [1.807, 2.05) is 0 Å². The third-order valence-corrected chi connectivity index (χ3v) is 5.98. The van der Waals surface area contributed by atoms with Crippen molar-refractivity contribution in [2.75, 3.05) is 12.8 Å². The molecule has 4 nitrogen and oxygen atoms in total. The van der Waals surface area contributed by atoms with E-state index in [1.54, 1.807) is 6.07 Å². The second-order valence-corrected chi connectivity index (χ2v) is 6.79. The first-order valence-corrected chi connectivity index (χ1v) is 7.70. The number of nitrogens with zero attached hydrogens (tertiary/aromatic N) is 2. The Kier molecular flexibility index (Phi) is 2.08. The number of rotatable bonds is 2. The molecule has 4 unspecified atom stereocenters. The van der Waals surface area contributed by atoms with Crippen LogP contribution in [0.3, 0.4) is 0 Å². The number of nitrogen functional groups attached to an aromatic ring is 1. The van der Waals surface area contributed by atoms with Crippen LogP contribution in [0.4, 0.5) is 10.3 Å². The molecule has 0 aliphatic heterocycles. The molecule has 3 aliphatic rings. The summed E-state index contributed by atoms with van der Waals surface area (Å²) in [5, 5.41) is 0. The molecule has 0 amide bonds. The Morgan fingerprint density at radius 3 is 2.67 bits per heavy atom. The normalized spacial score (nSPS) is 36.2. The van der Waals surface area contributed by atoms with E-state index in [0.29, 0.717) is 17.5 Å². The minimum Gasteiger partial charge on any atom is -0.494 e. The summed E-state index contributed by atoms with van der Waals surface area (Å²) in [7, 11) is 1.49. The predicted molar refractivity (Wildman–Crippen MR) is 77.5 cm³/mol. The number of aromatic nitrogens is 2. The Morgan fingerprint density at radius 1 is 1.29 bits per heavy atom. The summed E-state index contributed by atoms with van der Waals surface area (Å²) in [6, 6.07) is 3.63. The maximum Gasteiger partial charge on any atom is 0.201 e. The van der Waals surface area contributed by atoms with Crippen molar-refractivity contribution < 1.29 is 9.13 Å². The summed E-state index contributed by atoms with van der Waals surface area (Å²) in [6.45, 7) is 0. The summed E-state index contributed by atoms with van der Waals surface area (Å²) < 4.78 is 21.1. The molecular formula is C16H18FN3O. The minimum atomic E-state index is -0.384. The average Bonchev–Trinajstić information content (AvgIpc) is 2.80. The van der Waals surface area contributed by atoms with E-state index >= 15 is 0 Å². The second-order valence-electron chi connectivity index (χ2n) is 6.79. The molecule has 1 aromatic carbocycles. The second kappa shape index (κ2) is 3.70. The van der Waals surface area contributed by atoms with Gasteiger partial charge in [0.2, 0.25) is 5.95 Å². The van der Waals surface area contributed by atoms with Gasteiger partial charge >= 0.3 is 0 Å². The van der Waals surface area contributed by atoms with Crippen molar-refractivity contribution >= 4 is 17.0 Å². The van der Waals surface area contributed by atoms with Crippen molar-refractivity contribution in [2.24, 2.45) is 23.7 Å². The van der Waals surface area contributed by atoms with Crippen molar-refractivity contribution in [3.05, 3.63) is 17.9 Å². The number of nitrogens with two attached hydrogens (primary N) is 1. The van der Waals surface area contributed by atoms with Gasteiger partial charge in [0.05, 0.1) is 18.1 Å². The summed E-state index contributed by atoms with van der Waals surface area (Å²) in [5.41, 5.74) is 7.67. The number of benzene rings is 1. The van der Waals surface area contributed by atoms with Crippen LogP contribution in [0.2, 0.25) is 0 Å². The van der Waals surface area contributed by atoms with Crippen LogP contribution in [0.15, 0.2) is 12.1 Å². The van der Waals surface area contributed by atoms with Gasteiger partial charge in [0.15, 0.2) is 11.6 Å². The van der Waals surface area contributed by atoms with Crippen molar-refractivity contribution in [1.82, 2.24) is 9.55 Å². The topological polar surface area (TPSA) is 53.1 Å². The molecule has 2 N–H and O–H groups in total. The lowest BCUT2D eigenvalue weighted by molar-refractivity contribution is 0.387. The summed E-state index contributed by atoms with van der Waals surface area (Å²) in [5.74, 6) is 3.65. The van der Waals surface area contributed by atoms with Gasteiger partial charge in [-0.05, 0) is 42.9 Å². The van der Waals surface area contributed by atoms with Crippen LogP contribution in [0.5, 0.6) is 5.75 Å². The standard InChI is InChI=1S/C16H18FN3O/c1-21-12-6-11-10(5-9(12)17)19-16(18)20(11)15-13-7-2-3-8(4-7)14(13)15/h5-8,13-15H,2-4H2,1H3,(H2,18,19). The van der Waals surface area contributed by atoms with E-state index in [-0.39, 0.29) is 11.6 Å². The fourth-order valence-corrected chi connectivity index (χ4v) is 5.21. The van der Waals surface area contributed by atoms with Crippen LogP contribution in [-0.4, -0.2) is 16.7 Å². The number of anilines is 1. The van der Waals surface area contributed by atoms with Crippen LogP contribution < -0.4 is 10.5 Å². The zero-order chi connectivity index (χ0) is 14.3. The molecule has 0 spiro atoms. The SMILES string of the molecule is COc1cc2c(cc1F)nc(N)n2C1C2C3CCC(C3)C21. The molecule has 3 saturated carbocycles. The molecule has 5 heteroatoms. The molecule has 0 saturated heterocycles. The number of halogens is 1. The number of hydrogen-bond acceptors (Lipinski definition) is 3. The van der Waals surface area contributed by atoms with E-state index in [0.717, 1.165) is 29.2 Å². The minimum absolute atomic E-state index is 0.262. The molecule has 21 heavy (non-hydrogen) atoms. The number of imidazole rings is 1. The summed E-state index contributed by atoms with van der Waals surface area (Å²) >= 11 is 0. The third kappa shape index (κ3) is 1.37. The highest BCUT2D eigenvalue weighted by atomic mass is 19.1. The maximum absolute atomic E-state index is 13.8. The zero-order valence-electron chi connectivity index (χ0n) is 11.9. The smallest absolute Gasteiger partial charge is 0.201 e. The van der Waals surface area contributed by atoms with E-state index in [4.69, 9.17) is 10.5 Å². The number of ether oxygens (including phenoxy) is 1. The molecule has 5 rings (SSSR count). The van der Waals surface area contributed by atoms with Gasteiger partial charge in [0.25, 0.3) is 0 Å². The van der Waals surface area contributed by atoms with Gasteiger partial charge in [-0.15, -0.1) is 0 Å². The van der Waals surface area contributed by atoms with Crippen molar-refractivity contribution in [3.8, 4) is 5.75 Å². The van der Waals surface area contributed by atoms with Crippen molar-refractivity contribution in [1.29, 1.82) is 0 Å². The molecule has 1 aromatic heterocycles. The Balaban J connectivity index is 1.65. The van der Waals surface area contributed by atoms with Crippen molar-refractivity contribution in [3.63, 3.8) is 0 Å². The molecular weight excluding hydrogens is 269 g/mol. The maximum atomic E-state index is 13.8. The highest BCUT2D eigenvalue weighted by molar-refractivity contribution is 5.80. The highest BCUT2D eigenvalue weighted by Crippen LogP contribution is 2.72. The number of hydrogen-bond donors (Lipinski definition) is 1. The van der Waals surface area contributed by atoms with Gasteiger partial charge < -0.3 is 15.0 Å². The molecule has 2 bridgehead atoms.